The maximum atomic E-state index is 12.4. The Labute approximate surface area is 119 Å². The number of piperidine rings is 1. The Hall–Kier alpha value is -1.15. The average molecular weight is 349 g/mol. The van der Waals surface area contributed by atoms with Gasteiger partial charge in [0.25, 0.3) is 0 Å². The predicted molar refractivity (Wildman–Crippen MR) is 71.7 cm³/mol. The molecule has 0 spiro atoms. The predicted octanol–water partition coefficient (Wildman–Crippen LogP) is 1.76. The smallest absolute Gasteiger partial charge is 0.407 e. The summed E-state index contributed by atoms with van der Waals surface area (Å²) in [6, 6.07) is 3.28. The van der Waals surface area contributed by atoms with Crippen molar-refractivity contribution in [2.24, 2.45) is 0 Å². The van der Waals surface area contributed by atoms with Gasteiger partial charge in [-0.25, -0.2) is 18.2 Å². The van der Waals surface area contributed by atoms with E-state index in [0.717, 1.165) is 0 Å². The molecule has 0 saturated carbocycles. The number of halogens is 1. The first-order valence-corrected chi connectivity index (χ1v) is 8.09. The summed E-state index contributed by atoms with van der Waals surface area (Å²) in [6.07, 6.45) is 1.04. The molecule has 0 aromatic carbocycles. The highest BCUT2D eigenvalue weighted by Crippen LogP contribution is 2.27. The molecule has 6 nitrogen and oxygen atoms in total. The van der Waals surface area contributed by atoms with Gasteiger partial charge in [0.15, 0.2) is 14.9 Å². The largest absolute Gasteiger partial charge is 0.465 e. The number of amides is 1. The lowest BCUT2D eigenvalue weighted by Crippen LogP contribution is -2.42. The van der Waals surface area contributed by atoms with Crippen LogP contribution in [0.1, 0.15) is 12.8 Å². The van der Waals surface area contributed by atoms with E-state index in [1.54, 1.807) is 12.1 Å². The van der Waals surface area contributed by atoms with Crippen molar-refractivity contribution in [3.05, 3.63) is 22.8 Å². The first kappa shape index (κ1) is 14.3. The van der Waals surface area contributed by atoms with Crippen molar-refractivity contribution >= 4 is 31.9 Å². The van der Waals surface area contributed by atoms with Gasteiger partial charge in [0.05, 0.1) is 9.72 Å². The third-order valence-corrected chi connectivity index (χ3v) is 6.26. The number of carboxylic acid groups (broad SMARTS) is 1. The summed E-state index contributed by atoms with van der Waals surface area (Å²) >= 11 is 3.19. The second kappa shape index (κ2) is 5.46. The molecule has 1 aromatic heterocycles. The molecular weight excluding hydrogens is 336 g/mol. The molecule has 2 heterocycles. The van der Waals surface area contributed by atoms with Crippen LogP contribution in [0.4, 0.5) is 4.79 Å². The number of likely N-dealkylation sites (tertiary alicyclic amines) is 1. The molecule has 2 rings (SSSR count). The lowest BCUT2D eigenvalue weighted by molar-refractivity contribution is 0.136. The van der Waals surface area contributed by atoms with Crippen LogP contribution in [0.25, 0.3) is 0 Å². The van der Waals surface area contributed by atoms with Crippen molar-refractivity contribution in [3.8, 4) is 0 Å². The van der Waals surface area contributed by atoms with Crippen LogP contribution in [0, 0.1) is 0 Å². The molecule has 1 saturated heterocycles. The monoisotopic (exact) mass is 348 g/mol. The Kier molecular flexibility index (Phi) is 4.10. The fourth-order valence-electron chi connectivity index (χ4n) is 2.10. The zero-order chi connectivity index (χ0) is 14.0. The summed E-state index contributed by atoms with van der Waals surface area (Å²) in [7, 11) is -3.52. The lowest BCUT2D eigenvalue weighted by atomic mass is 10.1. The average Bonchev–Trinajstić information content (AvgIpc) is 2.39. The number of hydrogen-bond acceptors (Lipinski definition) is 4. The van der Waals surface area contributed by atoms with Crippen molar-refractivity contribution < 1.29 is 18.3 Å². The van der Waals surface area contributed by atoms with E-state index in [9.17, 15) is 13.2 Å². The number of aromatic nitrogens is 1. The molecule has 1 amide bonds. The first-order valence-electron chi connectivity index (χ1n) is 5.75. The maximum absolute atomic E-state index is 12.4. The molecule has 0 radical (unpaired) electrons. The highest BCUT2D eigenvalue weighted by atomic mass is 79.9. The maximum Gasteiger partial charge on any atom is 0.407 e. The molecule has 1 fully saturated rings. The van der Waals surface area contributed by atoms with E-state index in [2.05, 4.69) is 20.9 Å². The van der Waals surface area contributed by atoms with Crippen molar-refractivity contribution in [2.45, 2.75) is 23.1 Å². The van der Waals surface area contributed by atoms with Crippen LogP contribution >= 0.6 is 15.9 Å². The highest BCUT2D eigenvalue weighted by Gasteiger charge is 2.34. The summed E-state index contributed by atoms with van der Waals surface area (Å²) < 4.78 is 25.3. The van der Waals surface area contributed by atoms with E-state index in [1.165, 1.54) is 11.1 Å². The van der Waals surface area contributed by atoms with Gasteiger partial charge in [-0.05, 0) is 40.9 Å². The molecule has 0 atom stereocenters. The topological polar surface area (TPSA) is 87.6 Å². The summed E-state index contributed by atoms with van der Waals surface area (Å²) in [5, 5.41) is 8.30. The van der Waals surface area contributed by atoms with E-state index in [4.69, 9.17) is 5.11 Å². The van der Waals surface area contributed by atoms with Gasteiger partial charge < -0.3 is 10.0 Å². The molecule has 8 heteroatoms. The number of nitrogens with zero attached hydrogens (tertiary/aromatic N) is 2. The molecule has 19 heavy (non-hydrogen) atoms. The van der Waals surface area contributed by atoms with Crippen molar-refractivity contribution in [2.75, 3.05) is 13.1 Å². The first-order chi connectivity index (χ1) is 8.93. The van der Waals surface area contributed by atoms with Gasteiger partial charge in [0.1, 0.15) is 0 Å². The molecule has 1 aliphatic rings. The molecule has 0 unspecified atom stereocenters. The highest BCUT2D eigenvalue weighted by molar-refractivity contribution is 9.10. The standard InChI is InChI=1S/C11H13BrN2O4S/c12-9-2-1-5-13-10(9)19(17,18)8-3-6-14(7-4-8)11(15)16/h1-2,5,8H,3-4,6-7H2,(H,15,16). The Morgan fingerprint density at radius 2 is 2.05 bits per heavy atom. The van der Waals surface area contributed by atoms with Gasteiger partial charge in [0, 0.05) is 19.3 Å². The zero-order valence-electron chi connectivity index (χ0n) is 9.99. The minimum absolute atomic E-state index is 0.0313. The van der Waals surface area contributed by atoms with Crippen LogP contribution in [-0.2, 0) is 9.84 Å². The molecular formula is C11H13BrN2O4S. The van der Waals surface area contributed by atoms with E-state index in [-0.39, 0.29) is 18.1 Å². The number of rotatable bonds is 2. The third-order valence-electron chi connectivity index (χ3n) is 3.15. The second-order valence-electron chi connectivity index (χ2n) is 4.30. The zero-order valence-corrected chi connectivity index (χ0v) is 12.4. The number of carbonyl (C=O) groups is 1. The Morgan fingerprint density at radius 1 is 1.42 bits per heavy atom. The molecule has 104 valence electrons. The van der Waals surface area contributed by atoms with E-state index in [0.29, 0.717) is 17.3 Å². The number of sulfone groups is 1. The van der Waals surface area contributed by atoms with Gasteiger partial charge >= 0.3 is 6.09 Å². The fraction of sp³-hybridized carbons (Fsp3) is 0.455. The summed E-state index contributed by atoms with van der Waals surface area (Å²) in [6.45, 7) is 0.480. The molecule has 1 aromatic rings. The Bertz CT molecular complexity index is 582. The SMILES string of the molecule is O=C(O)N1CCC(S(=O)(=O)c2ncccc2Br)CC1. The summed E-state index contributed by atoms with van der Waals surface area (Å²) in [5.41, 5.74) is 0. The lowest BCUT2D eigenvalue weighted by Gasteiger charge is -2.29. The molecule has 0 aliphatic carbocycles. The minimum Gasteiger partial charge on any atom is -0.465 e. The summed E-state index contributed by atoms with van der Waals surface area (Å²) in [4.78, 5) is 15.9. The normalized spacial score (nSPS) is 17.4. The summed E-state index contributed by atoms with van der Waals surface area (Å²) in [5.74, 6) is 0. The van der Waals surface area contributed by atoms with Crippen LogP contribution in [0.5, 0.6) is 0 Å². The molecule has 1 N–H and O–H groups in total. The van der Waals surface area contributed by atoms with Crippen molar-refractivity contribution in [3.63, 3.8) is 0 Å². The number of hydrogen-bond donors (Lipinski definition) is 1. The van der Waals surface area contributed by atoms with Crippen LogP contribution in [0.15, 0.2) is 27.8 Å². The quantitative estimate of drug-likeness (QED) is 0.879. The minimum atomic E-state index is -3.52. The molecule has 1 aliphatic heterocycles. The number of pyridine rings is 1. The van der Waals surface area contributed by atoms with Crippen LogP contribution < -0.4 is 0 Å². The molecule has 0 bridgehead atoms. The van der Waals surface area contributed by atoms with Crippen molar-refractivity contribution in [1.82, 2.24) is 9.88 Å². The van der Waals surface area contributed by atoms with Gasteiger partial charge in [-0.1, -0.05) is 0 Å². The van der Waals surface area contributed by atoms with Crippen LogP contribution in [0.2, 0.25) is 0 Å². The second-order valence-corrected chi connectivity index (χ2v) is 7.30. The van der Waals surface area contributed by atoms with Gasteiger partial charge in [-0.2, -0.15) is 0 Å². The van der Waals surface area contributed by atoms with Gasteiger partial charge in [-0.15, -0.1) is 0 Å². The fourth-order valence-corrected chi connectivity index (χ4v) is 4.72. The van der Waals surface area contributed by atoms with Gasteiger partial charge in [0.2, 0.25) is 0 Å². The van der Waals surface area contributed by atoms with Crippen LogP contribution in [0.3, 0.4) is 0 Å². The van der Waals surface area contributed by atoms with E-state index in [1.807, 2.05) is 0 Å². The van der Waals surface area contributed by atoms with Gasteiger partial charge in [-0.3, -0.25) is 0 Å². The Morgan fingerprint density at radius 3 is 2.58 bits per heavy atom. The van der Waals surface area contributed by atoms with Crippen LogP contribution in [-0.4, -0.2) is 47.8 Å². The van der Waals surface area contributed by atoms with E-state index >= 15 is 0 Å². The third kappa shape index (κ3) is 2.89. The van der Waals surface area contributed by atoms with Crippen molar-refractivity contribution in [1.29, 1.82) is 0 Å². The Balaban J connectivity index is 2.19. The van der Waals surface area contributed by atoms with E-state index < -0.39 is 21.2 Å².